The molecule has 5 heteroatoms. The largest absolute Gasteiger partial charge is 0.380 e. The quantitative estimate of drug-likeness (QED) is 0.553. The standard InChI is InChI=1S/C21H16Cl2N2O/c1-26-13-14-3-2-4-18(9-14)25-21-8-6-15(10-17(21)12-24)16-5-7-19(22)20(23)11-16/h2-11,25H,13H2,1H3. The summed E-state index contributed by atoms with van der Waals surface area (Å²) in [6, 6.07) is 21.2. The summed E-state index contributed by atoms with van der Waals surface area (Å²) in [4.78, 5) is 0. The van der Waals surface area contributed by atoms with Crippen molar-refractivity contribution in [2.24, 2.45) is 0 Å². The maximum absolute atomic E-state index is 9.55. The number of rotatable bonds is 5. The fourth-order valence-corrected chi connectivity index (χ4v) is 2.96. The molecule has 0 aliphatic heterocycles. The van der Waals surface area contributed by atoms with Gasteiger partial charge in [-0.2, -0.15) is 5.26 Å². The number of benzene rings is 3. The van der Waals surface area contributed by atoms with E-state index in [9.17, 15) is 5.26 Å². The second-order valence-electron chi connectivity index (χ2n) is 5.76. The van der Waals surface area contributed by atoms with Gasteiger partial charge in [-0.25, -0.2) is 0 Å². The number of methoxy groups -OCH3 is 1. The first kappa shape index (κ1) is 18.3. The Balaban J connectivity index is 1.91. The zero-order valence-corrected chi connectivity index (χ0v) is 15.6. The van der Waals surface area contributed by atoms with Crippen molar-refractivity contribution in [1.29, 1.82) is 5.26 Å². The van der Waals surface area contributed by atoms with Crippen LogP contribution in [0.3, 0.4) is 0 Å². The molecule has 3 rings (SSSR count). The van der Waals surface area contributed by atoms with E-state index in [1.54, 1.807) is 19.2 Å². The number of nitriles is 1. The highest BCUT2D eigenvalue weighted by molar-refractivity contribution is 6.42. The van der Waals surface area contributed by atoms with Crippen LogP contribution in [-0.2, 0) is 11.3 Å². The number of nitrogens with zero attached hydrogens (tertiary/aromatic N) is 1. The Labute approximate surface area is 162 Å². The lowest BCUT2D eigenvalue weighted by molar-refractivity contribution is 0.185. The van der Waals surface area contributed by atoms with Crippen LogP contribution < -0.4 is 5.32 Å². The third kappa shape index (κ3) is 4.17. The summed E-state index contributed by atoms with van der Waals surface area (Å²) >= 11 is 12.1. The van der Waals surface area contributed by atoms with E-state index >= 15 is 0 Å². The van der Waals surface area contributed by atoms with Gasteiger partial charge in [0.1, 0.15) is 6.07 Å². The highest BCUT2D eigenvalue weighted by atomic mass is 35.5. The first-order valence-corrected chi connectivity index (χ1v) is 8.71. The van der Waals surface area contributed by atoms with Crippen LogP contribution in [0.4, 0.5) is 11.4 Å². The van der Waals surface area contributed by atoms with Crippen molar-refractivity contribution < 1.29 is 4.74 Å². The van der Waals surface area contributed by atoms with Crippen molar-refractivity contribution in [2.75, 3.05) is 12.4 Å². The second-order valence-corrected chi connectivity index (χ2v) is 6.57. The molecule has 0 amide bonds. The van der Waals surface area contributed by atoms with Gasteiger partial charge in [-0.05, 0) is 53.1 Å². The minimum atomic E-state index is 0.486. The Morgan fingerprint density at radius 3 is 2.46 bits per heavy atom. The van der Waals surface area contributed by atoms with Crippen LogP contribution in [0, 0.1) is 11.3 Å². The topological polar surface area (TPSA) is 45.0 Å². The molecule has 3 aromatic carbocycles. The molecule has 1 N–H and O–H groups in total. The third-order valence-electron chi connectivity index (χ3n) is 3.91. The molecule has 3 nitrogen and oxygen atoms in total. The molecule has 0 aliphatic carbocycles. The highest BCUT2D eigenvalue weighted by Crippen LogP contribution is 2.31. The predicted molar refractivity (Wildman–Crippen MR) is 107 cm³/mol. The molecule has 3 aromatic rings. The van der Waals surface area contributed by atoms with Crippen LogP contribution in [-0.4, -0.2) is 7.11 Å². The maximum atomic E-state index is 9.55. The molecule has 0 radical (unpaired) electrons. The molecule has 0 aromatic heterocycles. The van der Waals surface area contributed by atoms with E-state index in [0.29, 0.717) is 22.2 Å². The zero-order chi connectivity index (χ0) is 18.5. The number of hydrogen-bond donors (Lipinski definition) is 1. The Morgan fingerprint density at radius 2 is 1.73 bits per heavy atom. The summed E-state index contributed by atoms with van der Waals surface area (Å²) < 4.78 is 5.16. The summed E-state index contributed by atoms with van der Waals surface area (Å²) in [5, 5.41) is 13.8. The Kier molecular flexibility index (Phi) is 5.80. The van der Waals surface area contributed by atoms with Crippen molar-refractivity contribution in [3.8, 4) is 17.2 Å². The molecule has 26 heavy (non-hydrogen) atoms. The van der Waals surface area contributed by atoms with Gasteiger partial charge >= 0.3 is 0 Å². The normalized spacial score (nSPS) is 10.4. The van der Waals surface area contributed by atoms with Gasteiger partial charge in [-0.15, -0.1) is 0 Å². The molecule has 0 atom stereocenters. The van der Waals surface area contributed by atoms with Gasteiger partial charge in [0.15, 0.2) is 0 Å². The first-order valence-electron chi connectivity index (χ1n) is 7.95. The monoisotopic (exact) mass is 382 g/mol. The molecule has 0 spiro atoms. The van der Waals surface area contributed by atoms with Crippen LogP contribution in [0.2, 0.25) is 10.0 Å². The van der Waals surface area contributed by atoms with Crippen LogP contribution in [0.15, 0.2) is 60.7 Å². The minimum absolute atomic E-state index is 0.486. The zero-order valence-electron chi connectivity index (χ0n) is 14.1. The average molecular weight is 383 g/mol. The number of halogens is 2. The molecule has 0 aliphatic rings. The number of nitrogens with one attached hydrogen (secondary N) is 1. The van der Waals surface area contributed by atoms with E-state index in [0.717, 1.165) is 28.1 Å². The van der Waals surface area contributed by atoms with Crippen molar-refractivity contribution in [3.63, 3.8) is 0 Å². The number of anilines is 2. The fraction of sp³-hybridized carbons (Fsp3) is 0.0952. The van der Waals surface area contributed by atoms with Gasteiger partial charge in [-0.3, -0.25) is 0 Å². The van der Waals surface area contributed by atoms with E-state index in [2.05, 4.69) is 11.4 Å². The van der Waals surface area contributed by atoms with Crippen LogP contribution >= 0.6 is 23.2 Å². The summed E-state index contributed by atoms with van der Waals surface area (Å²) in [7, 11) is 1.66. The molecular formula is C21H16Cl2N2O. The van der Waals surface area contributed by atoms with E-state index in [-0.39, 0.29) is 0 Å². The van der Waals surface area contributed by atoms with Crippen molar-refractivity contribution in [2.45, 2.75) is 6.61 Å². The third-order valence-corrected chi connectivity index (χ3v) is 4.65. The van der Waals surface area contributed by atoms with Gasteiger partial charge in [0.05, 0.1) is 27.9 Å². The molecule has 0 bridgehead atoms. The van der Waals surface area contributed by atoms with Crippen LogP contribution in [0.1, 0.15) is 11.1 Å². The van der Waals surface area contributed by atoms with Crippen LogP contribution in [0.25, 0.3) is 11.1 Å². The Bertz CT molecular complexity index is 980. The Morgan fingerprint density at radius 1 is 0.962 bits per heavy atom. The molecule has 130 valence electrons. The number of ether oxygens (including phenoxy) is 1. The van der Waals surface area contributed by atoms with Gasteiger partial charge in [0.25, 0.3) is 0 Å². The minimum Gasteiger partial charge on any atom is -0.380 e. The lowest BCUT2D eigenvalue weighted by Crippen LogP contribution is -1.96. The molecule has 0 saturated heterocycles. The molecule has 0 heterocycles. The smallest absolute Gasteiger partial charge is 0.101 e. The van der Waals surface area contributed by atoms with Gasteiger partial charge < -0.3 is 10.1 Å². The second kappa shape index (κ2) is 8.25. The SMILES string of the molecule is COCc1cccc(Nc2ccc(-c3ccc(Cl)c(Cl)c3)cc2C#N)c1. The molecule has 0 saturated carbocycles. The lowest BCUT2D eigenvalue weighted by Gasteiger charge is -2.12. The Hall–Kier alpha value is -2.51. The van der Waals surface area contributed by atoms with Gasteiger partial charge in [0, 0.05) is 12.8 Å². The summed E-state index contributed by atoms with van der Waals surface area (Å²) in [5.74, 6) is 0. The summed E-state index contributed by atoms with van der Waals surface area (Å²) in [5.41, 5.74) is 5.06. The van der Waals surface area contributed by atoms with E-state index in [4.69, 9.17) is 27.9 Å². The highest BCUT2D eigenvalue weighted by Gasteiger charge is 2.08. The number of hydrogen-bond acceptors (Lipinski definition) is 3. The predicted octanol–water partition coefficient (Wildman–Crippen LogP) is 6.42. The van der Waals surface area contributed by atoms with Crippen LogP contribution in [0.5, 0.6) is 0 Å². The summed E-state index contributed by atoms with van der Waals surface area (Å²) in [6.45, 7) is 0.539. The first-order chi connectivity index (χ1) is 12.6. The lowest BCUT2D eigenvalue weighted by atomic mass is 10.0. The van der Waals surface area contributed by atoms with Gasteiger partial charge in [0.2, 0.25) is 0 Å². The van der Waals surface area contributed by atoms with E-state index in [1.165, 1.54) is 0 Å². The van der Waals surface area contributed by atoms with Gasteiger partial charge in [-0.1, -0.05) is 47.5 Å². The molecular weight excluding hydrogens is 367 g/mol. The van der Waals surface area contributed by atoms with Crippen molar-refractivity contribution in [1.82, 2.24) is 0 Å². The van der Waals surface area contributed by atoms with Crippen molar-refractivity contribution >= 4 is 34.6 Å². The molecule has 0 unspecified atom stereocenters. The summed E-state index contributed by atoms with van der Waals surface area (Å²) in [6.07, 6.45) is 0. The fourth-order valence-electron chi connectivity index (χ4n) is 2.66. The maximum Gasteiger partial charge on any atom is 0.101 e. The molecule has 0 fully saturated rings. The van der Waals surface area contributed by atoms with E-state index < -0.39 is 0 Å². The van der Waals surface area contributed by atoms with Crippen molar-refractivity contribution in [3.05, 3.63) is 81.8 Å². The average Bonchev–Trinajstić information content (AvgIpc) is 2.65. The van der Waals surface area contributed by atoms with E-state index in [1.807, 2.05) is 48.5 Å².